The Hall–Kier alpha value is -1.62. The van der Waals surface area contributed by atoms with Crippen molar-refractivity contribution < 1.29 is 0 Å². The van der Waals surface area contributed by atoms with Crippen molar-refractivity contribution in [3.63, 3.8) is 0 Å². The van der Waals surface area contributed by atoms with Crippen LogP contribution in [-0.2, 0) is 0 Å². The fourth-order valence-corrected chi connectivity index (χ4v) is 2.01. The number of hydrogen-bond acceptors (Lipinski definition) is 1. The quantitative estimate of drug-likeness (QED) is 0.564. The van der Waals surface area contributed by atoms with Crippen molar-refractivity contribution in [1.29, 1.82) is 0 Å². The summed E-state index contributed by atoms with van der Waals surface area (Å²) in [4.78, 5) is 0. The highest BCUT2D eigenvalue weighted by molar-refractivity contribution is 6.31. The van der Waals surface area contributed by atoms with E-state index in [1.807, 2.05) is 31.2 Å². The average molecular weight is 276 g/mol. The van der Waals surface area contributed by atoms with E-state index in [1.54, 1.807) is 12.1 Å². The minimum absolute atomic E-state index is 0.627. The minimum atomic E-state index is 0.627. The molecule has 2 N–H and O–H groups in total. The highest BCUT2D eigenvalue weighted by Crippen LogP contribution is 2.22. The molecule has 2 aromatic carbocycles. The third-order valence-corrected chi connectivity index (χ3v) is 3.11. The lowest BCUT2D eigenvalue weighted by molar-refractivity contribution is 1.45. The fraction of sp³-hybridized carbons (Fsp3) is 0.0667. The van der Waals surface area contributed by atoms with E-state index >= 15 is 0 Å². The van der Waals surface area contributed by atoms with Gasteiger partial charge >= 0.3 is 0 Å². The molecule has 0 aliphatic rings. The molecule has 3 heteroatoms. The molecule has 18 heavy (non-hydrogen) atoms. The number of halogens is 2. The Balaban J connectivity index is 2.45. The second-order valence-electron chi connectivity index (χ2n) is 3.91. The van der Waals surface area contributed by atoms with Crippen LogP contribution in [0.4, 0.5) is 5.69 Å². The van der Waals surface area contributed by atoms with E-state index < -0.39 is 0 Å². The van der Waals surface area contributed by atoms with Crippen molar-refractivity contribution in [2.45, 2.75) is 6.92 Å². The Morgan fingerprint density at radius 1 is 1.00 bits per heavy atom. The van der Waals surface area contributed by atoms with Gasteiger partial charge in [0.15, 0.2) is 0 Å². The van der Waals surface area contributed by atoms with Gasteiger partial charge in [-0.15, -0.1) is 0 Å². The molecule has 0 atom stereocenters. The van der Waals surface area contributed by atoms with Crippen LogP contribution in [-0.4, -0.2) is 0 Å². The largest absolute Gasteiger partial charge is 0.398 e. The Morgan fingerprint density at radius 2 is 1.67 bits per heavy atom. The van der Waals surface area contributed by atoms with E-state index in [0.717, 1.165) is 16.7 Å². The minimum Gasteiger partial charge on any atom is -0.398 e. The number of hydrogen-bond donors (Lipinski definition) is 1. The lowest BCUT2D eigenvalue weighted by Crippen LogP contribution is -1.94. The highest BCUT2D eigenvalue weighted by Gasteiger charge is 2.02. The highest BCUT2D eigenvalue weighted by atomic mass is 35.5. The maximum Gasteiger partial charge on any atom is 0.0562 e. The fourth-order valence-electron chi connectivity index (χ4n) is 1.55. The zero-order chi connectivity index (χ0) is 13.1. The molecule has 2 aromatic rings. The van der Waals surface area contributed by atoms with Crippen molar-refractivity contribution in [1.82, 2.24) is 0 Å². The van der Waals surface area contributed by atoms with Crippen LogP contribution in [0.25, 0.3) is 0 Å². The summed E-state index contributed by atoms with van der Waals surface area (Å²) in [5.41, 5.74) is 9.03. The first kappa shape index (κ1) is 12.8. The molecule has 0 fully saturated rings. The molecule has 0 spiro atoms. The van der Waals surface area contributed by atoms with Gasteiger partial charge in [-0.05, 0) is 36.8 Å². The second kappa shape index (κ2) is 5.35. The summed E-state index contributed by atoms with van der Waals surface area (Å²) in [6.07, 6.45) is 0. The van der Waals surface area contributed by atoms with Crippen LogP contribution in [0, 0.1) is 18.8 Å². The summed E-state index contributed by atoms with van der Waals surface area (Å²) >= 11 is 12.0. The van der Waals surface area contributed by atoms with Crippen molar-refractivity contribution in [2.24, 2.45) is 0 Å². The summed E-state index contributed by atoms with van der Waals surface area (Å²) in [5.74, 6) is 6.01. The van der Waals surface area contributed by atoms with Crippen LogP contribution >= 0.6 is 23.2 Å². The molecule has 2 rings (SSSR count). The maximum atomic E-state index is 6.03. The Labute approximate surface area is 117 Å². The first-order valence-corrected chi connectivity index (χ1v) is 6.15. The number of benzene rings is 2. The molecule has 0 amide bonds. The predicted molar refractivity (Wildman–Crippen MR) is 78.0 cm³/mol. The molecule has 0 radical (unpaired) electrons. The number of anilines is 1. The van der Waals surface area contributed by atoms with Gasteiger partial charge in [0.2, 0.25) is 0 Å². The smallest absolute Gasteiger partial charge is 0.0562 e. The van der Waals surface area contributed by atoms with Gasteiger partial charge in [0.25, 0.3) is 0 Å². The van der Waals surface area contributed by atoms with Gasteiger partial charge in [0.1, 0.15) is 0 Å². The van der Waals surface area contributed by atoms with Crippen molar-refractivity contribution in [3.8, 4) is 11.8 Å². The third kappa shape index (κ3) is 2.79. The van der Waals surface area contributed by atoms with E-state index in [9.17, 15) is 0 Å². The van der Waals surface area contributed by atoms with Crippen LogP contribution < -0.4 is 5.73 Å². The lowest BCUT2D eigenvalue weighted by Gasteiger charge is -2.03. The molecule has 1 nitrogen and oxygen atoms in total. The molecule has 0 unspecified atom stereocenters. The number of aryl methyl sites for hydroxylation is 1. The molecular formula is C15H11Cl2N. The molecule has 0 saturated carbocycles. The van der Waals surface area contributed by atoms with Crippen molar-refractivity contribution in [2.75, 3.05) is 5.73 Å². The van der Waals surface area contributed by atoms with Crippen LogP contribution in [0.3, 0.4) is 0 Å². The zero-order valence-electron chi connectivity index (χ0n) is 9.80. The second-order valence-corrected chi connectivity index (χ2v) is 4.76. The first-order valence-electron chi connectivity index (χ1n) is 5.40. The Morgan fingerprint density at radius 3 is 2.39 bits per heavy atom. The molecule has 0 aliphatic heterocycles. The van der Waals surface area contributed by atoms with Gasteiger partial charge in [0.05, 0.1) is 10.7 Å². The summed E-state index contributed by atoms with van der Waals surface area (Å²) < 4.78 is 0. The van der Waals surface area contributed by atoms with Gasteiger partial charge in [-0.3, -0.25) is 0 Å². The molecule has 0 aromatic heterocycles. The molecule has 0 saturated heterocycles. The van der Waals surface area contributed by atoms with Crippen molar-refractivity contribution in [3.05, 3.63) is 63.1 Å². The molecular weight excluding hydrogens is 265 g/mol. The maximum absolute atomic E-state index is 6.03. The van der Waals surface area contributed by atoms with Gasteiger partial charge in [-0.1, -0.05) is 47.2 Å². The summed E-state index contributed by atoms with van der Waals surface area (Å²) in [7, 11) is 0. The van der Waals surface area contributed by atoms with E-state index in [0.29, 0.717) is 15.7 Å². The normalized spacial score (nSPS) is 9.72. The van der Waals surface area contributed by atoms with Gasteiger partial charge in [0, 0.05) is 16.1 Å². The Kier molecular flexibility index (Phi) is 3.81. The predicted octanol–water partition coefficient (Wildman–Crippen LogP) is 4.28. The summed E-state index contributed by atoms with van der Waals surface area (Å²) in [6.45, 7) is 1.90. The summed E-state index contributed by atoms with van der Waals surface area (Å²) in [5, 5.41) is 1.26. The molecule has 90 valence electrons. The topological polar surface area (TPSA) is 26.0 Å². The standard InChI is InChI=1S/C15H11Cl2N/c1-10-8-13(16)9-12(15(10)18)7-6-11-4-2-3-5-14(11)17/h2-5,8-9H,18H2,1H3. The first-order chi connectivity index (χ1) is 8.58. The van der Waals surface area contributed by atoms with Crippen LogP contribution in [0.15, 0.2) is 36.4 Å². The van der Waals surface area contributed by atoms with Gasteiger partial charge < -0.3 is 5.73 Å². The number of nitrogens with two attached hydrogens (primary N) is 1. The van der Waals surface area contributed by atoms with E-state index in [2.05, 4.69) is 11.8 Å². The van der Waals surface area contributed by atoms with Crippen LogP contribution in [0.2, 0.25) is 10.0 Å². The molecule has 0 aliphatic carbocycles. The SMILES string of the molecule is Cc1cc(Cl)cc(C#Cc2ccccc2Cl)c1N. The van der Waals surface area contributed by atoms with Crippen molar-refractivity contribution >= 4 is 28.9 Å². The monoisotopic (exact) mass is 275 g/mol. The Bertz CT molecular complexity index is 651. The average Bonchev–Trinajstić information content (AvgIpc) is 2.33. The molecule has 0 heterocycles. The van der Waals surface area contributed by atoms with Crippen LogP contribution in [0.1, 0.15) is 16.7 Å². The zero-order valence-corrected chi connectivity index (χ0v) is 11.3. The van der Waals surface area contributed by atoms with E-state index in [-0.39, 0.29) is 0 Å². The lowest BCUT2D eigenvalue weighted by atomic mass is 10.1. The third-order valence-electron chi connectivity index (χ3n) is 2.56. The van der Waals surface area contributed by atoms with E-state index in [1.165, 1.54) is 0 Å². The van der Waals surface area contributed by atoms with Gasteiger partial charge in [-0.2, -0.15) is 0 Å². The number of nitrogen functional groups attached to an aromatic ring is 1. The molecule has 0 bridgehead atoms. The number of rotatable bonds is 0. The van der Waals surface area contributed by atoms with E-state index in [4.69, 9.17) is 28.9 Å². The van der Waals surface area contributed by atoms with Crippen LogP contribution in [0.5, 0.6) is 0 Å². The van der Waals surface area contributed by atoms with Gasteiger partial charge in [-0.25, -0.2) is 0 Å². The summed E-state index contributed by atoms with van der Waals surface area (Å²) in [6, 6.07) is 11.0.